The van der Waals surface area contributed by atoms with Crippen LogP contribution in [0.1, 0.15) is 16.7 Å². The molecule has 0 aliphatic heterocycles. The zero-order chi connectivity index (χ0) is 12.0. The van der Waals surface area contributed by atoms with Crippen LogP contribution in [0.25, 0.3) is 5.70 Å². The van der Waals surface area contributed by atoms with Gasteiger partial charge in [0.15, 0.2) is 0 Å². The molecule has 0 heterocycles. The van der Waals surface area contributed by atoms with E-state index in [4.69, 9.17) is 16.4 Å². The van der Waals surface area contributed by atoms with Crippen LogP contribution < -0.4 is 5.48 Å². The Kier molecular flexibility index (Phi) is 5.09. The molecule has 16 heavy (non-hydrogen) atoms. The van der Waals surface area contributed by atoms with Gasteiger partial charge in [-0.15, -0.1) is 0 Å². The Morgan fingerprint density at radius 2 is 2.25 bits per heavy atom. The quantitative estimate of drug-likeness (QED) is 0.625. The van der Waals surface area contributed by atoms with Crippen LogP contribution in [-0.4, -0.2) is 6.61 Å². The maximum absolute atomic E-state index is 5.37. The number of hydroxylamine groups is 1. The van der Waals surface area contributed by atoms with Crippen LogP contribution in [0.5, 0.6) is 0 Å². The summed E-state index contributed by atoms with van der Waals surface area (Å²) >= 11 is 5.37. The van der Waals surface area contributed by atoms with Crippen LogP contribution in [0.3, 0.4) is 0 Å². The molecular weight excluding hydrogens is 222 g/mol. The molecule has 1 rings (SSSR count). The summed E-state index contributed by atoms with van der Waals surface area (Å²) in [5.74, 6) is 0. The molecule has 1 aromatic carbocycles. The number of aryl methyl sites for hydroxylation is 2. The van der Waals surface area contributed by atoms with Gasteiger partial charge < -0.3 is 0 Å². The van der Waals surface area contributed by atoms with Crippen molar-refractivity contribution in [1.29, 1.82) is 0 Å². The molecule has 2 nitrogen and oxygen atoms in total. The fraction of sp³-hybridized carbons (Fsp3) is 0.231. The lowest BCUT2D eigenvalue weighted by molar-refractivity contribution is 0.103. The summed E-state index contributed by atoms with van der Waals surface area (Å²) in [5, 5.41) is 0. The Hall–Kier alpha value is -1.25. The van der Waals surface area contributed by atoms with Crippen molar-refractivity contribution < 1.29 is 4.84 Å². The maximum atomic E-state index is 5.37. The molecule has 1 N–H and O–H groups in total. The molecular formula is C13H16ClNO. The summed E-state index contributed by atoms with van der Waals surface area (Å²) in [7, 11) is 0. The summed E-state index contributed by atoms with van der Waals surface area (Å²) in [6, 6.07) is 6.21. The third-order valence-corrected chi connectivity index (χ3v) is 2.36. The maximum Gasteiger partial charge on any atom is 0.0939 e. The molecule has 0 amide bonds. The van der Waals surface area contributed by atoms with E-state index in [2.05, 4.69) is 30.3 Å². The monoisotopic (exact) mass is 237 g/mol. The van der Waals surface area contributed by atoms with E-state index in [-0.39, 0.29) is 0 Å². The predicted molar refractivity (Wildman–Crippen MR) is 69.0 cm³/mol. The van der Waals surface area contributed by atoms with Crippen molar-refractivity contribution in [2.75, 3.05) is 6.61 Å². The summed E-state index contributed by atoms with van der Waals surface area (Å²) in [4.78, 5) is 5.16. The van der Waals surface area contributed by atoms with E-state index in [1.807, 2.05) is 13.8 Å². The summed E-state index contributed by atoms with van der Waals surface area (Å²) in [6.07, 6.45) is 1.70. The highest BCUT2D eigenvalue weighted by atomic mass is 35.5. The molecule has 0 aliphatic rings. The molecule has 0 fully saturated rings. The molecule has 0 atom stereocenters. The van der Waals surface area contributed by atoms with Crippen molar-refractivity contribution in [2.24, 2.45) is 0 Å². The van der Waals surface area contributed by atoms with Gasteiger partial charge in [-0.1, -0.05) is 35.9 Å². The highest BCUT2D eigenvalue weighted by Crippen LogP contribution is 2.16. The number of benzene rings is 1. The highest BCUT2D eigenvalue weighted by molar-refractivity contribution is 6.25. The van der Waals surface area contributed by atoms with Gasteiger partial charge in [-0.3, -0.25) is 10.3 Å². The summed E-state index contributed by atoms with van der Waals surface area (Å²) < 4.78 is 0. The molecule has 0 aliphatic carbocycles. The molecule has 3 heteroatoms. The zero-order valence-electron chi connectivity index (χ0n) is 9.59. The smallest absolute Gasteiger partial charge is 0.0939 e. The van der Waals surface area contributed by atoms with E-state index in [0.29, 0.717) is 6.61 Å². The van der Waals surface area contributed by atoms with Crippen LogP contribution in [-0.2, 0) is 4.84 Å². The van der Waals surface area contributed by atoms with Crippen molar-refractivity contribution in [2.45, 2.75) is 13.8 Å². The van der Waals surface area contributed by atoms with Gasteiger partial charge in [0.2, 0.25) is 0 Å². The Bertz CT molecular complexity index is 399. The van der Waals surface area contributed by atoms with E-state index in [1.54, 1.807) is 6.08 Å². The normalized spacial score (nSPS) is 10.7. The first kappa shape index (κ1) is 12.8. The van der Waals surface area contributed by atoms with Gasteiger partial charge in [-0.2, -0.15) is 0 Å². The molecule has 0 radical (unpaired) electrons. The number of halogens is 1. The first-order chi connectivity index (χ1) is 7.65. The molecule has 0 saturated carbocycles. The fourth-order valence-electron chi connectivity index (χ4n) is 1.33. The third-order valence-electron chi connectivity index (χ3n) is 2.18. The van der Waals surface area contributed by atoms with Crippen LogP contribution >= 0.6 is 11.6 Å². The Morgan fingerprint density at radius 3 is 2.94 bits per heavy atom. The lowest BCUT2D eigenvalue weighted by Crippen LogP contribution is -2.13. The summed E-state index contributed by atoms with van der Waals surface area (Å²) in [6.45, 7) is 8.43. The minimum atomic E-state index is 0.410. The number of rotatable bonds is 5. The Morgan fingerprint density at radius 1 is 1.50 bits per heavy atom. The zero-order valence-corrected chi connectivity index (χ0v) is 10.3. The molecule has 1 aromatic rings. The van der Waals surface area contributed by atoms with Crippen LogP contribution in [0.2, 0.25) is 0 Å². The molecule has 0 aromatic heterocycles. The van der Waals surface area contributed by atoms with Gasteiger partial charge in [0, 0.05) is 11.1 Å². The average Bonchev–Trinajstić information content (AvgIpc) is 2.27. The van der Waals surface area contributed by atoms with Crippen molar-refractivity contribution >= 4 is 17.3 Å². The van der Waals surface area contributed by atoms with E-state index in [0.717, 1.165) is 11.3 Å². The standard InChI is InChI=1S/C13H16ClNO/c1-10-5-6-11(2)13(9-10)12(3)15-16-8-4-7-14/h4-7,9,15H,3,8H2,1-2H3. The van der Waals surface area contributed by atoms with E-state index in [9.17, 15) is 0 Å². The van der Waals surface area contributed by atoms with Gasteiger partial charge in [-0.25, -0.2) is 0 Å². The second kappa shape index (κ2) is 6.36. The molecule has 0 unspecified atom stereocenters. The van der Waals surface area contributed by atoms with Gasteiger partial charge in [0.05, 0.1) is 12.3 Å². The first-order valence-corrected chi connectivity index (χ1v) is 5.48. The molecule has 0 bridgehead atoms. The SMILES string of the molecule is C=C(NOCC=CCl)c1cc(C)ccc1C. The van der Waals surface area contributed by atoms with E-state index < -0.39 is 0 Å². The van der Waals surface area contributed by atoms with Crippen LogP contribution in [0.4, 0.5) is 0 Å². The Labute approximate surface area is 102 Å². The van der Waals surface area contributed by atoms with Crippen molar-refractivity contribution in [3.63, 3.8) is 0 Å². The van der Waals surface area contributed by atoms with Crippen molar-refractivity contribution in [3.05, 3.63) is 53.1 Å². The van der Waals surface area contributed by atoms with Gasteiger partial charge in [0.1, 0.15) is 0 Å². The Balaban J connectivity index is 2.62. The van der Waals surface area contributed by atoms with E-state index in [1.165, 1.54) is 16.7 Å². The number of hydrogen-bond acceptors (Lipinski definition) is 2. The van der Waals surface area contributed by atoms with Gasteiger partial charge >= 0.3 is 0 Å². The van der Waals surface area contributed by atoms with Gasteiger partial charge in [-0.05, 0) is 31.6 Å². The molecule has 0 spiro atoms. The van der Waals surface area contributed by atoms with Crippen molar-refractivity contribution in [3.8, 4) is 0 Å². The number of nitrogens with one attached hydrogen (secondary N) is 1. The first-order valence-electron chi connectivity index (χ1n) is 5.04. The summed E-state index contributed by atoms with van der Waals surface area (Å²) in [5.41, 5.74) is 8.40. The van der Waals surface area contributed by atoms with Gasteiger partial charge in [0.25, 0.3) is 0 Å². The lowest BCUT2D eigenvalue weighted by Gasteiger charge is -2.11. The minimum Gasteiger partial charge on any atom is -0.272 e. The van der Waals surface area contributed by atoms with Crippen LogP contribution in [0.15, 0.2) is 36.4 Å². The predicted octanol–water partition coefficient (Wildman–Crippen LogP) is 3.55. The van der Waals surface area contributed by atoms with Crippen LogP contribution in [0, 0.1) is 13.8 Å². The highest BCUT2D eigenvalue weighted by Gasteiger charge is 2.02. The number of hydrogen-bond donors (Lipinski definition) is 1. The molecule has 86 valence electrons. The molecule has 0 saturated heterocycles. The fourth-order valence-corrected chi connectivity index (χ4v) is 1.40. The topological polar surface area (TPSA) is 21.3 Å². The minimum absolute atomic E-state index is 0.410. The van der Waals surface area contributed by atoms with E-state index >= 15 is 0 Å². The largest absolute Gasteiger partial charge is 0.272 e. The second-order valence-electron chi connectivity index (χ2n) is 3.57. The lowest BCUT2D eigenvalue weighted by atomic mass is 10.0. The average molecular weight is 238 g/mol. The van der Waals surface area contributed by atoms with Crippen molar-refractivity contribution in [1.82, 2.24) is 5.48 Å². The second-order valence-corrected chi connectivity index (χ2v) is 3.82. The third kappa shape index (κ3) is 3.72.